The monoisotopic (exact) mass is 243 g/mol. The number of rotatable bonds is 5. The summed E-state index contributed by atoms with van der Waals surface area (Å²) >= 11 is 3.29. The van der Waals surface area contributed by atoms with Crippen molar-refractivity contribution < 1.29 is 8.42 Å². The Morgan fingerprint density at radius 2 is 2.09 bits per heavy atom. The van der Waals surface area contributed by atoms with E-state index in [0.717, 1.165) is 11.8 Å². The largest absolute Gasteiger partial charge is 0.215 e. The summed E-state index contributed by atoms with van der Waals surface area (Å²) in [6.07, 6.45) is 2.16. The van der Waals surface area contributed by atoms with E-state index in [0.29, 0.717) is 12.5 Å². The molecule has 0 amide bonds. The Labute approximate surface area is 76.7 Å². The summed E-state index contributed by atoms with van der Waals surface area (Å²) < 4.78 is 23.7. The van der Waals surface area contributed by atoms with Gasteiger partial charge in [0.2, 0.25) is 10.0 Å². The highest BCUT2D eigenvalue weighted by Crippen LogP contribution is 2.02. The SMILES string of the molecule is CC(CCBr)CNS(C)(=O)=O. The molecule has 5 heteroatoms. The number of nitrogens with one attached hydrogen (secondary N) is 1. The molecule has 0 aromatic rings. The van der Waals surface area contributed by atoms with Gasteiger partial charge in [-0.25, -0.2) is 13.1 Å². The molecule has 0 saturated carbocycles. The highest BCUT2D eigenvalue weighted by atomic mass is 79.9. The van der Waals surface area contributed by atoms with Gasteiger partial charge in [-0.2, -0.15) is 0 Å². The Morgan fingerprint density at radius 3 is 2.45 bits per heavy atom. The molecule has 0 saturated heterocycles. The number of hydrogen-bond acceptors (Lipinski definition) is 2. The van der Waals surface area contributed by atoms with Gasteiger partial charge >= 0.3 is 0 Å². The second-order valence-electron chi connectivity index (χ2n) is 2.70. The Balaban J connectivity index is 3.54. The van der Waals surface area contributed by atoms with Gasteiger partial charge in [-0.05, 0) is 12.3 Å². The summed E-state index contributed by atoms with van der Waals surface area (Å²) in [5.74, 6) is 0.393. The smallest absolute Gasteiger partial charge is 0.208 e. The molecule has 1 unspecified atom stereocenters. The van der Waals surface area contributed by atoms with Crippen molar-refractivity contribution in [2.24, 2.45) is 5.92 Å². The molecule has 1 N–H and O–H groups in total. The molecule has 0 radical (unpaired) electrons. The van der Waals surface area contributed by atoms with Crippen LogP contribution in [0, 0.1) is 5.92 Å². The van der Waals surface area contributed by atoms with Gasteiger partial charge in [0.15, 0.2) is 0 Å². The van der Waals surface area contributed by atoms with Gasteiger partial charge in [0.05, 0.1) is 6.26 Å². The van der Waals surface area contributed by atoms with Crippen LogP contribution in [-0.2, 0) is 10.0 Å². The van der Waals surface area contributed by atoms with Crippen LogP contribution in [0.2, 0.25) is 0 Å². The van der Waals surface area contributed by atoms with E-state index < -0.39 is 10.0 Å². The first-order valence-electron chi connectivity index (χ1n) is 3.46. The van der Waals surface area contributed by atoms with Crippen molar-refractivity contribution in [1.82, 2.24) is 4.72 Å². The lowest BCUT2D eigenvalue weighted by Crippen LogP contribution is -2.27. The van der Waals surface area contributed by atoms with Crippen molar-refractivity contribution in [3.63, 3.8) is 0 Å². The van der Waals surface area contributed by atoms with Crippen LogP contribution in [0.15, 0.2) is 0 Å². The predicted molar refractivity (Wildman–Crippen MR) is 50.4 cm³/mol. The fraction of sp³-hybridized carbons (Fsp3) is 1.00. The van der Waals surface area contributed by atoms with Crippen molar-refractivity contribution in [1.29, 1.82) is 0 Å². The molecule has 0 spiro atoms. The third-order valence-corrected chi connectivity index (χ3v) is 2.44. The van der Waals surface area contributed by atoms with Gasteiger partial charge in [-0.1, -0.05) is 22.9 Å². The third kappa shape index (κ3) is 8.29. The van der Waals surface area contributed by atoms with Crippen LogP contribution in [0.5, 0.6) is 0 Å². The number of sulfonamides is 1. The standard InChI is InChI=1S/C6H14BrNO2S/c1-6(3-4-7)5-8-11(2,9)10/h6,8H,3-5H2,1-2H3. The summed E-state index contributed by atoms with van der Waals surface area (Å²) in [5, 5.41) is 0.916. The minimum atomic E-state index is -3.00. The van der Waals surface area contributed by atoms with E-state index in [1.165, 1.54) is 6.26 Å². The van der Waals surface area contributed by atoms with E-state index in [4.69, 9.17) is 0 Å². The maximum atomic E-state index is 10.6. The van der Waals surface area contributed by atoms with Crippen LogP contribution >= 0.6 is 15.9 Å². The fourth-order valence-electron chi connectivity index (χ4n) is 0.582. The molecule has 0 aliphatic rings. The van der Waals surface area contributed by atoms with Crippen LogP contribution in [0.1, 0.15) is 13.3 Å². The van der Waals surface area contributed by atoms with Gasteiger partial charge < -0.3 is 0 Å². The molecule has 0 bridgehead atoms. The molecule has 1 atom stereocenters. The summed E-state index contributed by atoms with van der Waals surface area (Å²) in [6, 6.07) is 0. The van der Waals surface area contributed by atoms with E-state index in [1.807, 2.05) is 6.92 Å². The maximum Gasteiger partial charge on any atom is 0.208 e. The molecule has 0 heterocycles. The van der Waals surface area contributed by atoms with E-state index >= 15 is 0 Å². The Morgan fingerprint density at radius 1 is 1.55 bits per heavy atom. The number of alkyl halides is 1. The molecule has 3 nitrogen and oxygen atoms in total. The quantitative estimate of drug-likeness (QED) is 0.732. The van der Waals surface area contributed by atoms with Gasteiger partial charge in [-0.3, -0.25) is 0 Å². The van der Waals surface area contributed by atoms with Crippen molar-refractivity contribution >= 4 is 26.0 Å². The van der Waals surface area contributed by atoms with Crippen LogP contribution in [0.25, 0.3) is 0 Å². The predicted octanol–water partition coefficient (Wildman–Crippen LogP) is 0.957. The molecular weight excluding hydrogens is 230 g/mol. The van der Waals surface area contributed by atoms with Gasteiger partial charge in [0.1, 0.15) is 0 Å². The molecular formula is C6H14BrNO2S. The first kappa shape index (κ1) is 11.4. The summed E-state index contributed by atoms with van der Waals surface area (Å²) in [7, 11) is -3.00. The molecule has 0 rings (SSSR count). The lowest BCUT2D eigenvalue weighted by Gasteiger charge is -2.08. The average molecular weight is 244 g/mol. The lowest BCUT2D eigenvalue weighted by atomic mass is 10.1. The Hall–Kier alpha value is 0.390. The Kier molecular flexibility index (Phi) is 5.29. The minimum absolute atomic E-state index is 0.393. The van der Waals surface area contributed by atoms with Crippen LogP contribution in [-0.4, -0.2) is 26.5 Å². The van der Waals surface area contributed by atoms with Crippen LogP contribution < -0.4 is 4.72 Å². The molecule has 0 aliphatic heterocycles. The zero-order valence-corrected chi connectivity index (χ0v) is 9.20. The average Bonchev–Trinajstić information content (AvgIpc) is 1.83. The molecule has 11 heavy (non-hydrogen) atoms. The van der Waals surface area contributed by atoms with Gasteiger partial charge in [-0.15, -0.1) is 0 Å². The molecule has 0 aliphatic carbocycles. The van der Waals surface area contributed by atoms with E-state index in [-0.39, 0.29) is 0 Å². The lowest BCUT2D eigenvalue weighted by molar-refractivity contribution is 0.535. The van der Waals surface area contributed by atoms with Crippen molar-refractivity contribution in [3.05, 3.63) is 0 Å². The van der Waals surface area contributed by atoms with Crippen LogP contribution in [0.3, 0.4) is 0 Å². The summed E-state index contributed by atoms with van der Waals surface area (Å²) in [6.45, 7) is 2.55. The number of halogens is 1. The second kappa shape index (κ2) is 5.11. The fourth-order valence-corrected chi connectivity index (χ4v) is 1.95. The molecule has 0 fully saturated rings. The topological polar surface area (TPSA) is 46.2 Å². The second-order valence-corrected chi connectivity index (χ2v) is 5.33. The van der Waals surface area contributed by atoms with Gasteiger partial charge in [0.25, 0.3) is 0 Å². The molecule has 0 aromatic carbocycles. The van der Waals surface area contributed by atoms with Crippen molar-refractivity contribution in [2.45, 2.75) is 13.3 Å². The highest BCUT2D eigenvalue weighted by Gasteiger charge is 2.04. The minimum Gasteiger partial charge on any atom is -0.215 e. The van der Waals surface area contributed by atoms with Crippen molar-refractivity contribution in [2.75, 3.05) is 18.1 Å². The van der Waals surface area contributed by atoms with E-state index in [1.54, 1.807) is 0 Å². The van der Waals surface area contributed by atoms with Crippen molar-refractivity contribution in [3.8, 4) is 0 Å². The maximum absolute atomic E-state index is 10.6. The van der Waals surface area contributed by atoms with E-state index in [9.17, 15) is 8.42 Å². The molecule has 68 valence electrons. The van der Waals surface area contributed by atoms with Gasteiger partial charge in [0, 0.05) is 11.9 Å². The van der Waals surface area contributed by atoms with E-state index in [2.05, 4.69) is 20.7 Å². The highest BCUT2D eigenvalue weighted by molar-refractivity contribution is 9.09. The zero-order chi connectivity index (χ0) is 8.91. The van der Waals surface area contributed by atoms with Crippen LogP contribution in [0.4, 0.5) is 0 Å². The zero-order valence-electron chi connectivity index (χ0n) is 6.80. The summed E-state index contributed by atoms with van der Waals surface area (Å²) in [5.41, 5.74) is 0. The number of hydrogen-bond donors (Lipinski definition) is 1. The third-order valence-electron chi connectivity index (χ3n) is 1.30. The Bertz CT molecular complexity index is 191. The molecule has 0 aromatic heterocycles. The summed E-state index contributed by atoms with van der Waals surface area (Å²) in [4.78, 5) is 0. The first-order valence-corrected chi connectivity index (χ1v) is 6.47. The first-order chi connectivity index (χ1) is 4.95. The normalized spacial score (nSPS) is 14.8.